The number of nitrogens with two attached hydrogens (primary N) is 1. The van der Waals surface area contributed by atoms with Gasteiger partial charge in [0.15, 0.2) is 0 Å². The maximum absolute atomic E-state index is 14.2. The van der Waals surface area contributed by atoms with Crippen LogP contribution in [0.3, 0.4) is 0 Å². The molecule has 0 radical (unpaired) electrons. The van der Waals surface area contributed by atoms with Crippen LogP contribution < -0.4 is 27.0 Å². The number of carbonyl (C=O) groups excluding carboxylic acids is 4. The van der Waals surface area contributed by atoms with Crippen molar-refractivity contribution in [3.8, 4) is 0 Å². The molecule has 2 aromatic heterocycles. The van der Waals surface area contributed by atoms with Crippen LogP contribution in [0.1, 0.15) is 50.3 Å². The molecule has 5 atom stereocenters. The van der Waals surface area contributed by atoms with Gasteiger partial charge in [0.1, 0.15) is 18.1 Å². The lowest BCUT2D eigenvalue weighted by Gasteiger charge is -2.26. The number of benzene rings is 3. The first kappa shape index (κ1) is 38.8. The summed E-state index contributed by atoms with van der Waals surface area (Å²) in [5.74, 6) is -1.91. The zero-order valence-corrected chi connectivity index (χ0v) is 30.5. The molecule has 0 aliphatic heterocycles. The monoisotopic (exact) mass is 721 g/mol. The molecule has 2 heterocycles. The van der Waals surface area contributed by atoms with Gasteiger partial charge in [0, 0.05) is 53.6 Å². The number of hydrogen-bond acceptors (Lipinski definition) is 6. The third-order valence-corrected chi connectivity index (χ3v) is 9.30. The highest BCUT2D eigenvalue weighted by atomic mass is 16.3. The van der Waals surface area contributed by atoms with E-state index in [1.807, 2.05) is 98.9 Å². The Balaban J connectivity index is 1.38. The smallest absolute Gasteiger partial charge is 0.243 e. The lowest BCUT2D eigenvalue weighted by molar-refractivity contribution is -0.134. The Hall–Kier alpha value is -5.46. The van der Waals surface area contributed by atoms with Crippen molar-refractivity contribution in [3.63, 3.8) is 0 Å². The van der Waals surface area contributed by atoms with Gasteiger partial charge in [-0.05, 0) is 60.9 Å². The minimum absolute atomic E-state index is 0.0726. The van der Waals surface area contributed by atoms with Crippen molar-refractivity contribution in [1.82, 2.24) is 31.2 Å². The van der Waals surface area contributed by atoms with Crippen LogP contribution in [0.25, 0.3) is 21.8 Å². The third kappa shape index (κ3) is 10.8. The number of hydrogen-bond donors (Lipinski definition) is 8. The zero-order chi connectivity index (χ0) is 37.9. The Morgan fingerprint density at radius 1 is 0.642 bits per heavy atom. The summed E-state index contributed by atoms with van der Waals surface area (Å²) >= 11 is 0. The Bertz CT molecular complexity index is 1990. The molecule has 3 aromatic carbocycles. The average molecular weight is 722 g/mol. The Morgan fingerprint density at radius 2 is 1.15 bits per heavy atom. The number of H-pyrrole nitrogens is 2. The van der Waals surface area contributed by atoms with Crippen LogP contribution in [-0.4, -0.2) is 75.5 Å². The molecule has 0 saturated heterocycles. The van der Waals surface area contributed by atoms with Crippen molar-refractivity contribution in [2.75, 3.05) is 6.54 Å². The van der Waals surface area contributed by atoms with Crippen LogP contribution in [0.5, 0.6) is 0 Å². The highest BCUT2D eigenvalue weighted by molar-refractivity contribution is 5.96. The summed E-state index contributed by atoms with van der Waals surface area (Å²) in [6.45, 7) is 5.79. The third-order valence-electron chi connectivity index (χ3n) is 9.30. The summed E-state index contributed by atoms with van der Waals surface area (Å²) in [5, 5.41) is 23.0. The first-order valence-corrected chi connectivity index (χ1v) is 18.2. The molecule has 5 rings (SSSR count). The normalized spacial score (nSPS) is 14.3. The minimum atomic E-state index is -1.10. The van der Waals surface area contributed by atoms with E-state index in [4.69, 9.17) is 5.73 Å². The van der Waals surface area contributed by atoms with Crippen LogP contribution >= 0.6 is 0 Å². The fraction of sp³-hybridized carbons (Fsp3) is 0.366. The number of aliphatic hydroxyl groups excluding tert-OH is 1. The van der Waals surface area contributed by atoms with Gasteiger partial charge in [0.2, 0.25) is 23.6 Å². The zero-order valence-electron chi connectivity index (χ0n) is 30.5. The molecule has 280 valence electrons. The van der Waals surface area contributed by atoms with Crippen molar-refractivity contribution in [1.29, 1.82) is 0 Å². The number of rotatable bonds is 18. The summed E-state index contributed by atoms with van der Waals surface area (Å²) in [4.78, 5) is 61.7. The van der Waals surface area contributed by atoms with Gasteiger partial charge in [0.25, 0.3) is 0 Å². The van der Waals surface area contributed by atoms with E-state index in [1.54, 1.807) is 13.1 Å². The lowest BCUT2D eigenvalue weighted by Crippen LogP contribution is -2.59. The van der Waals surface area contributed by atoms with Crippen molar-refractivity contribution < 1.29 is 24.3 Å². The molecule has 0 bridgehead atoms. The van der Waals surface area contributed by atoms with Crippen LogP contribution in [0.4, 0.5) is 0 Å². The van der Waals surface area contributed by atoms with E-state index in [0.717, 1.165) is 38.5 Å². The van der Waals surface area contributed by atoms with Gasteiger partial charge >= 0.3 is 0 Å². The Morgan fingerprint density at radius 3 is 1.74 bits per heavy atom. The van der Waals surface area contributed by atoms with E-state index in [-0.39, 0.29) is 37.6 Å². The van der Waals surface area contributed by atoms with Gasteiger partial charge in [0.05, 0.1) is 12.1 Å². The van der Waals surface area contributed by atoms with Crippen LogP contribution in [-0.2, 0) is 38.4 Å². The molecular formula is C41H51N7O5. The number of fused-ring (bicyclic) bond motifs is 2. The summed E-state index contributed by atoms with van der Waals surface area (Å²) in [6, 6.07) is 20.7. The summed E-state index contributed by atoms with van der Waals surface area (Å²) < 4.78 is 0. The van der Waals surface area contributed by atoms with Crippen molar-refractivity contribution in [2.24, 2.45) is 11.7 Å². The predicted molar refractivity (Wildman–Crippen MR) is 207 cm³/mol. The van der Waals surface area contributed by atoms with E-state index in [1.165, 1.54) is 0 Å². The lowest BCUT2D eigenvalue weighted by atomic mass is 9.99. The van der Waals surface area contributed by atoms with Gasteiger partial charge in [-0.15, -0.1) is 0 Å². The highest BCUT2D eigenvalue weighted by Crippen LogP contribution is 2.21. The largest absolute Gasteiger partial charge is 0.393 e. The van der Waals surface area contributed by atoms with Crippen molar-refractivity contribution >= 4 is 45.4 Å². The minimum Gasteiger partial charge on any atom is -0.393 e. The summed E-state index contributed by atoms with van der Waals surface area (Å²) in [7, 11) is 0. The van der Waals surface area contributed by atoms with Crippen LogP contribution in [0.2, 0.25) is 0 Å². The quantitative estimate of drug-likeness (QED) is 0.0683. The number of aromatic amines is 2. The molecule has 1 unspecified atom stereocenters. The maximum atomic E-state index is 14.2. The molecule has 0 aliphatic carbocycles. The van der Waals surface area contributed by atoms with Crippen molar-refractivity contribution in [2.45, 2.75) is 83.1 Å². The van der Waals surface area contributed by atoms with Gasteiger partial charge in [-0.3, -0.25) is 19.2 Å². The molecule has 0 spiro atoms. The molecule has 0 saturated carbocycles. The fourth-order valence-electron chi connectivity index (χ4n) is 6.47. The SMILES string of the molecule is CC(C)C[C@H](NC(=O)[C@@H](Cc1c[nH]c2ccccc12)NC(=O)[C@H](Cc1ccccc1)NC(=O)[C@H](N)Cc1c[nH]c2ccccc12)C(=O)NCCC(C)O. The number of aliphatic hydroxyl groups is 1. The van der Waals surface area contributed by atoms with E-state index >= 15 is 0 Å². The molecular weight excluding hydrogens is 670 g/mol. The van der Waals surface area contributed by atoms with Crippen LogP contribution in [0.15, 0.2) is 91.3 Å². The first-order chi connectivity index (χ1) is 25.5. The number of para-hydroxylation sites is 2. The van der Waals surface area contributed by atoms with E-state index in [2.05, 4.69) is 31.2 Å². The van der Waals surface area contributed by atoms with E-state index < -0.39 is 48.0 Å². The average Bonchev–Trinajstić information content (AvgIpc) is 3.74. The first-order valence-electron chi connectivity index (χ1n) is 18.2. The topological polar surface area (TPSA) is 194 Å². The van der Waals surface area contributed by atoms with Gasteiger partial charge in [-0.1, -0.05) is 80.6 Å². The van der Waals surface area contributed by atoms with Gasteiger partial charge in [-0.2, -0.15) is 0 Å². The Labute approximate surface area is 309 Å². The second kappa shape index (κ2) is 18.3. The number of aromatic nitrogens is 2. The van der Waals surface area contributed by atoms with Crippen molar-refractivity contribution in [3.05, 3.63) is 108 Å². The number of nitrogens with one attached hydrogen (secondary N) is 6. The number of amides is 4. The second-order valence-corrected chi connectivity index (χ2v) is 14.2. The highest BCUT2D eigenvalue weighted by Gasteiger charge is 2.32. The predicted octanol–water partition coefficient (Wildman–Crippen LogP) is 3.39. The standard InChI is InChI=1S/C41H51N7O5/c1-25(2)19-35(39(51)43-18-17-26(3)49)47-41(53)37(22-29-24-45-34-16-10-8-14-31(29)34)48-40(52)36(20-27-11-5-4-6-12-27)46-38(50)32(42)21-28-23-44-33-15-9-7-13-30(28)33/h4-16,23-26,32,35-37,44-45,49H,17-22,42H2,1-3H3,(H,43,51)(H,46,50)(H,47,53)(H,48,52)/t26?,32-,35+,36+,37-/m1/s1. The fourth-order valence-corrected chi connectivity index (χ4v) is 6.47. The molecule has 0 fully saturated rings. The molecule has 0 aliphatic rings. The Kier molecular flexibility index (Phi) is 13.4. The maximum Gasteiger partial charge on any atom is 0.243 e. The van der Waals surface area contributed by atoms with Crippen LogP contribution in [0, 0.1) is 5.92 Å². The second-order valence-electron chi connectivity index (χ2n) is 14.2. The molecule has 12 heteroatoms. The van der Waals surface area contributed by atoms with Gasteiger partial charge in [-0.25, -0.2) is 0 Å². The molecule has 5 aromatic rings. The van der Waals surface area contributed by atoms with Gasteiger partial charge < -0.3 is 42.1 Å². The molecule has 53 heavy (non-hydrogen) atoms. The number of carbonyl (C=O) groups is 4. The summed E-state index contributed by atoms with van der Waals surface area (Å²) in [5.41, 5.74) is 10.7. The van der Waals surface area contributed by atoms with E-state index in [9.17, 15) is 24.3 Å². The molecule has 12 nitrogen and oxygen atoms in total. The molecule has 4 amide bonds. The van der Waals surface area contributed by atoms with E-state index in [0.29, 0.717) is 12.8 Å². The summed E-state index contributed by atoms with van der Waals surface area (Å²) in [6.07, 6.45) is 4.30. The molecule has 9 N–H and O–H groups in total.